The van der Waals surface area contributed by atoms with Crippen LogP contribution in [0.2, 0.25) is 0 Å². The van der Waals surface area contributed by atoms with E-state index in [1.54, 1.807) is 11.0 Å². The molecule has 1 aliphatic rings. The molecule has 0 radical (unpaired) electrons. The molecule has 0 saturated carbocycles. The molecule has 3 rings (SSSR count). The number of aryl methyl sites for hydroxylation is 1. The molecule has 1 amide bonds. The minimum atomic E-state index is -0.117. The molecule has 1 saturated heterocycles. The second kappa shape index (κ2) is 5.69. The third kappa shape index (κ3) is 2.69. The van der Waals surface area contributed by atoms with Crippen molar-refractivity contribution in [1.82, 2.24) is 10.1 Å². The number of nitrogens with two attached hydrogens (primary N) is 1. The van der Waals surface area contributed by atoms with Crippen LogP contribution in [0.25, 0.3) is 11.3 Å². The molecule has 1 fully saturated rings. The highest BCUT2D eigenvalue weighted by molar-refractivity contribution is 5.92. The number of carbonyl (C=O) groups is 1. The average molecular weight is 285 g/mol. The van der Waals surface area contributed by atoms with Gasteiger partial charge < -0.3 is 15.2 Å². The SMILES string of the molecule is Cc1ccc(-c2cc(C(=O)N3CCCC3CN)on2)cc1. The molecule has 0 aliphatic carbocycles. The van der Waals surface area contributed by atoms with Gasteiger partial charge in [0.2, 0.25) is 5.76 Å². The summed E-state index contributed by atoms with van der Waals surface area (Å²) in [5.41, 5.74) is 8.52. The molecule has 0 spiro atoms. The molecule has 5 heteroatoms. The van der Waals surface area contributed by atoms with Gasteiger partial charge in [0.1, 0.15) is 5.69 Å². The van der Waals surface area contributed by atoms with Gasteiger partial charge in [0.05, 0.1) is 0 Å². The molecule has 1 aromatic heterocycles. The van der Waals surface area contributed by atoms with E-state index in [0.29, 0.717) is 12.2 Å². The summed E-state index contributed by atoms with van der Waals surface area (Å²) in [6.07, 6.45) is 1.95. The van der Waals surface area contributed by atoms with Crippen LogP contribution in [0.5, 0.6) is 0 Å². The monoisotopic (exact) mass is 285 g/mol. The van der Waals surface area contributed by atoms with Crippen LogP contribution in [0.3, 0.4) is 0 Å². The van der Waals surface area contributed by atoms with Crippen LogP contribution in [0.1, 0.15) is 29.0 Å². The number of nitrogens with zero attached hydrogens (tertiary/aromatic N) is 2. The van der Waals surface area contributed by atoms with Gasteiger partial charge in [-0.25, -0.2) is 0 Å². The highest BCUT2D eigenvalue weighted by Crippen LogP contribution is 2.23. The van der Waals surface area contributed by atoms with Gasteiger partial charge in [0.15, 0.2) is 0 Å². The Morgan fingerprint density at radius 3 is 2.90 bits per heavy atom. The van der Waals surface area contributed by atoms with Gasteiger partial charge in [-0.15, -0.1) is 0 Å². The van der Waals surface area contributed by atoms with Gasteiger partial charge in [-0.1, -0.05) is 35.0 Å². The van der Waals surface area contributed by atoms with E-state index < -0.39 is 0 Å². The zero-order valence-electron chi connectivity index (χ0n) is 12.1. The second-order valence-electron chi connectivity index (χ2n) is 5.47. The van der Waals surface area contributed by atoms with Crippen LogP contribution in [-0.2, 0) is 0 Å². The second-order valence-corrected chi connectivity index (χ2v) is 5.47. The molecule has 1 unspecified atom stereocenters. The Morgan fingerprint density at radius 1 is 1.43 bits per heavy atom. The fourth-order valence-electron chi connectivity index (χ4n) is 2.73. The fraction of sp³-hybridized carbons (Fsp3) is 0.375. The van der Waals surface area contributed by atoms with Crippen molar-refractivity contribution in [1.29, 1.82) is 0 Å². The van der Waals surface area contributed by atoms with E-state index in [9.17, 15) is 4.79 Å². The Kier molecular flexibility index (Phi) is 3.75. The Bertz CT molecular complexity index is 633. The Morgan fingerprint density at radius 2 is 2.19 bits per heavy atom. The maximum absolute atomic E-state index is 12.5. The zero-order valence-corrected chi connectivity index (χ0v) is 12.1. The molecule has 1 atom stereocenters. The number of hydrogen-bond donors (Lipinski definition) is 1. The highest BCUT2D eigenvalue weighted by atomic mass is 16.5. The van der Waals surface area contributed by atoms with Crippen molar-refractivity contribution in [2.24, 2.45) is 5.73 Å². The number of hydrogen-bond acceptors (Lipinski definition) is 4. The minimum Gasteiger partial charge on any atom is -0.350 e. The van der Waals surface area contributed by atoms with E-state index in [2.05, 4.69) is 5.16 Å². The largest absolute Gasteiger partial charge is 0.350 e. The molecule has 5 nitrogen and oxygen atoms in total. The predicted molar refractivity (Wildman–Crippen MR) is 79.8 cm³/mol. The summed E-state index contributed by atoms with van der Waals surface area (Å²) < 4.78 is 5.23. The third-order valence-corrected chi connectivity index (χ3v) is 3.98. The third-order valence-electron chi connectivity index (χ3n) is 3.98. The van der Waals surface area contributed by atoms with Crippen LogP contribution in [0.4, 0.5) is 0 Å². The van der Waals surface area contributed by atoms with E-state index >= 15 is 0 Å². The quantitative estimate of drug-likeness (QED) is 0.938. The molecule has 21 heavy (non-hydrogen) atoms. The van der Waals surface area contributed by atoms with Gasteiger partial charge in [-0.2, -0.15) is 0 Å². The lowest BCUT2D eigenvalue weighted by atomic mass is 10.1. The Labute approximate surface area is 123 Å². The first kappa shape index (κ1) is 13.8. The highest BCUT2D eigenvalue weighted by Gasteiger charge is 2.30. The molecular weight excluding hydrogens is 266 g/mol. The maximum Gasteiger partial charge on any atom is 0.292 e. The van der Waals surface area contributed by atoms with E-state index in [1.807, 2.05) is 31.2 Å². The summed E-state index contributed by atoms with van der Waals surface area (Å²) in [6, 6.07) is 9.79. The van der Waals surface area contributed by atoms with Gasteiger partial charge >= 0.3 is 0 Å². The molecule has 110 valence electrons. The number of benzene rings is 1. The van der Waals surface area contributed by atoms with Crippen LogP contribution >= 0.6 is 0 Å². The first-order valence-corrected chi connectivity index (χ1v) is 7.24. The van der Waals surface area contributed by atoms with Gasteiger partial charge in [0, 0.05) is 30.8 Å². The van der Waals surface area contributed by atoms with Gasteiger partial charge in [0.25, 0.3) is 5.91 Å². The van der Waals surface area contributed by atoms with Crippen molar-refractivity contribution in [3.63, 3.8) is 0 Å². The lowest BCUT2D eigenvalue weighted by Gasteiger charge is -2.21. The zero-order chi connectivity index (χ0) is 14.8. The van der Waals surface area contributed by atoms with E-state index in [-0.39, 0.29) is 17.7 Å². The summed E-state index contributed by atoms with van der Waals surface area (Å²) in [4.78, 5) is 14.2. The van der Waals surface area contributed by atoms with Crippen molar-refractivity contribution in [2.45, 2.75) is 25.8 Å². The molecule has 2 heterocycles. The molecule has 2 aromatic rings. The van der Waals surface area contributed by atoms with Gasteiger partial charge in [-0.05, 0) is 19.8 Å². The average Bonchev–Trinajstić information content (AvgIpc) is 3.16. The van der Waals surface area contributed by atoms with Crippen LogP contribution < -0.4 is 5.73 Å². The fourth-order valence-corrected chi connectivity index (χ4v) is 2.73. The van der Waals surface area contributed by atoms with Crippen molar-refractivity contribution >= 4 is 5.91 Å². The number of likely N-dealkylation sites (tertiary alicyclic amines) is 1. The van der Waals surface area contributed by atoms with Crippen molar-refractivity contribution in [3.8, 4) is 11.3 Å². The molecule has 0 bridgehead atoms. The maximum atomic E-state index is 12.5. The van der Waals surface area contributed by atoms with Crippen molar-refractivity contribution < 1.29 is 9.32 Å². The van der Waals surface area contributed by atoms with E-state index in [1.165, 1.54) is 5.56 Å². The summed E-state index contributed by atoms with van der Waals surface area (Å²) in [7, 11) is 0. The van der Waals surface area contributed by atoms with Crippen LogP contribution in [-0.4, -0.2) is 35.1 Å². The normalized spacial score (nSPS) is 18.2. The first-order valence-electron chi connectivity index (χ1n) is 7.24. The lowest BCUT2D eigenvalue weighted by Crippen LogP contribution is -2.39. The molecule has 1 aliphatic heterocycles. The van der Waals surface area contributed by atoms with Gasteiger partial charge in [-0.3, -0.25) is 4.79 Å². The Hall–Kier alpha value is -2.14. The molecular formula is C16H19N3O2. The van der Waals surface area contributed by atoms with E-state index in [0.717, 1.165) is 24.9 Å². The summed E-state index contributed by atoms with van der Waals surface area (Å²) >= 11 is 0. The van der Waals surface area contributed by atoms with Crippen LogP contribution in [0.15, 0.2) is 34.9 Å². The van der Waals surface area contributed by atoms with Crippen LogP contribution in [0, 0.1) is 6.92 Å². The number of aromatic nitrogens is 1. The smallest absolute Gasteiger partial charge is 0.292 e. The lowest BCUT2D eigenvalue weighted by molar-refractivity contribution is 0.0699. The minimum absolute atomic E-state index is 0.116. The Balaban J connectivity index is 1.81. The summed E-state index contributed by atoms with van der Waals surface area (Å²) in [5, 5.41) is 4.01. The number of carbonyl (C=O) groups excluding carboxylic acids is 1. The first-order chi connectivity index (χ1) is 10.2. The van der Waals surface area contributed by atoms with E-state index in [4.69, 9.17) is 10.3 Å². The summed E-state index contributed by atoms with van der Waals surface area (Å²) in [6.45, 7) is 3.26. The summed E-state index contributed by atoms with van der Waals surface area (Å²) in [5.74, 6) is 0.166. The van der Waals surface area contributed by atoms with Crippen molar-refractivity contribution in [3.05, 3.63) is 41.7 Å². The predicted octanol–water partition coefficient (Wildman–Crippen LogP) is 2.21. The number of rotatable bonds is 3. The number of amides is 1. The molecule has 1 aromatic carbocycles. The molecule has 2 N–H and O–H groups in total. The standard InChI is InChI=1S/C16H19N3O2/c1-11-4-6-12(7-5-11)14-9-15(21-18-14)16(20)19-8-2-3-13(19)10-17/h4-7,9,13H,2-3,8,10,17H2,1H3. The van der Waals surface area contributed by atoms with Crippen molar-refractivity contribution in [2.75, 3.05) is 13.1 Å². The topological polar surface area (TPSA) is 72.4 Å².